The molecule has 2 rings (SSSR count). The van der Waals surface area contributed by atoms with E-state index in [1.54, 1.807) is 11.7 Å². The van der Waals surface area contributed by atoms with E-state index in [4.69, 9.17) is 0 Å². The molecule has 0 spiro atoms. The molecule has 2 aromatic heterocycles. The lowest BCUT2D eigenvalue weighted by Gasteiger charge is -2.06. The van der Waals surface area contributed by atoms with Gasteiger partial charge in [-0.15, -0.1) is 11.3 Å². The van der Waals surface area contributed by atoms with Gasteiger partial charge in [0.05, 0.1) is 12.1 Å². The van der Waals surface area contributed by atoms with Crippen molar-refractivity contribution in [1.29, 1.82) is 0 Å². The summed E-state index contributed by atoms with van der Waals surface area (Å²) in [5.74, 6) is 0. The zero-order valence-corrected chi connectivity index (χ0v) is 9.61. The van der Waals surface area contributed by atoms with Crippen LogP contribution >= 0.6 is 11.3 Å². The minimum atomic E-state index is -0.275. The van der Waals surface area contributed by atoms with Crippen molar-refractivity contribution >= 4 is 11.3 Å². The van der Waals surface area contributed by atoms with E-state index in [1.165, 1.54) is 32.7 Å². The molecule has 0 aliphatic rings. The van der Waals surface area contributed by atoms with E-state index in [2.05, 4.69) is 4.98 Å². The summed E-state index contributed by atoms with van der Waals surface area (Å²) in [6.07, 6.45) is 3.19. The van der Waals surface area contributed by atoms with Crippen LogP contribution in [0.4, 0.5) is 0 Å². The smallest absolute Gasteiger partial charge is 0.301 e. The summed E-state index contributed by atoms with van der Waals surface area (Å²) < 4.78 is 2.72. The molecular weight excluding hydrogens is 226 g/mol. The van der Waals surface area contributed by atoms with Gasteiger partial charge in [0.25, 0.3) is 5.56 Å². The van der Waals surface area contributed by atoms with Gasteiger partial charge in [0.2, 0.25) is 0 Å². The van der Waals surface area contributed by atoms with Crippen LogP contribution in [0.5, 0.6) is 0 Å². The molecule has 2 aromatic rings. The standard InChI is InChI=1S/C10H11N3O2S/c1-2-12-4-3-9(14)13(10(12)15)6-8-5-11-7-16-8/h3-5,7H,2,6H2,1H3. The molecule has 6 heteroatoms. The minimum Gasteiger partial charge on any atom is -0.301 e. The molecule has 0 unspecified atom stereocenters. The van der Waals surface area contributed by atoms with Crippen LogP contribution in [0.1, 0.15) is 11.8 Å². The summed E-state index contributed by atoms with van der Waals surface area (Å²) >= 11 is 1.43. The fourth-order valence-electron chi connectivity index (χ4n) is 1.42. The molecule has 0 N–H and O–H groups in total. The zero-order valence-electron chi connectivity index (χ0n) is 8.79. The molecule has 5 nitrogen and oxygen atoms in total. The SMILES string of the molecule is CCn1ccc(=O)n(Cc2cncs2)c1=O. The summed E-state index contributed by atoms with van der Waals surface area (Å²) in [6.45, 7) is 2.72. The van der Waals surface area contributed by atoms with Crippen molar-refractivity contribution in [3.8, 4) is 0 Å². The molecule has 2 heterocycles. The van der Waals surface area contributed by atoms with Gasteiger partial charge in [-0.05, 0) is 6.92 Å². The van der Waals surface area contributed by atoms with Crippen LogP contribution in [-0.2, 0) is 13.1 Å². The summed E-state index contributed by atoms with van der Waals surface area (Å²) in [4.78, 5) is 28.2. The molecule has 0 atom stereocenters. The third kappa shape index (κ3) is 1.96. The van der Waals surface area contributed by atoms with Gasteiger partial charge in [-0.1, -0.05) is 0 Å². The number of aromatic nitrogens is 3. The van der Waals surface area contributed by atoms with E-state index in [1.807, 2.05) is 6.92 Å². The van der Waals surface area contributed by atoms with Gasteiger partial charge in [0.15, 0.2) is 0 Å². The highest BCUT2D eigenvalue weighted by molar-refractivity contribution is 7.09. The quantitative estimate of drug-likeness (QED) is 0.782. The monoisotopic (exact) mass is 237 g/mol. The minimum absolute atomic E-state index is 0.275. The first-order chi connectivity index (χ1) is 7.72. The van der Waals surface area contributed by atoms with Gasteiger partial charge in [0, 0.05) is 29.9 Å². The molecule has 0 aliphatic carbocycles. The average molecular weight is 237 g/mol. The van der Waals surface area contributed by atoms with Crippen molar-refractivity contribution in [1.82, 2.24) is 14.1 Å². The second-order valence-electron chi connectivity index (χ2n) is 3.28. The first kappa shape index (κ1) is 10.8. The fourth-order valence-corrected chi connectivity index (χ4v) is 2.00. The number of nitrogens with zero attached hydrogens (tertiary/aromatic N) is 3. The predicted molar refractivity (Wildman–Crippen MR) is 61.9 cm³/mol. The molecule has 0 aromatic carbocycles. The Bertz CT molecular complexity index is 583. The van der Waals surface area contributed by atoms with Gasteiger partial charge in [-0.2, -0.15) is 0 Å². The van der Waals surface area contributed by atoms with Crippen molar-refractivity contribution in [2.75, 3.05) is 0 Å². The van der Waals surface area contributed by atoms with Crippen LogP contribution in [0.2, 0.25) is 0 Å². The molecule has 0 radical (unpaired) electrons. The lowest BCUT2D eigenvalue weighted by molar-refractivity contribution is 0.602. The molecule has 0 bridgehead atoms. The second-order valence-corrected chi connectivity index (χ2v) is 4.25. The maximum Gasteiger partial charge on any atom is 0.331 e. The van der Waals surface area contributed by atoms with E-state index in [0.29, 0.717) is 13.1 Å². The Morgan fingerprint density at radius 2 is 2.25 bits per heavy atom. The predicted octanol–water partition coefficient (Wildman–Crippen LogP) is 0.535. The van der Waals surface area contributed by atoms with Gasteiger partial charge in [-0.3, -0.25) is 14.3 Å². The summed E-state index contributed by atoms with van der Waals surface area (Å²) in [6, 6.07) is 1.41. The Kier molecular flexibility index (Phi) is 3.00. The summed E-state index contributed by atoms with van der Waals surface area (Å²) in [7, 11) is 0. The maximum atomic E-state index is 11.9. The molecule has 0 fully saturated rings. The lowest BCUT2D eigenvalue weighted by atomic mass is 10.5. The van der Waals surface area contributed by atoms with Crippen LogP contribution in [0.3, 0.4) is 0 Å². The highest BCUT2D eigenvalue weighted by Gasteiger charge is 2.05. The largest absolute Gasteiger partial charge is 0.331 e. The third-order valence-electron chi connectivity index (χ3n) is 2.28. The normalized spacial score (nSPS) is 10.6. The number of hydrogen-bond acceptors (Lipinski definition) is 4. The van der Waals surface area contributed by atoms with E-state index in [9.17, 15) is 9.59 Å². The molecule has 0 saturated carbocycles. The second kappa shape index (κ2) is 4.44. The molecule has 0 aliphatic heterocycles. The Labute approximate surface area is 95.6 Å². The maximum absolute atomic E-state index is 11.9. The summed E-state index contributed by atoms with van der Waals surface area (Å²) in [5, 5.41) is 0. The van der Waals surface area contributed by atoms with Crippen LogP contribution in [-0.4, -0.2) is 14.1 Å². The highest BCUT2D eigenvalue weighted by atomic mass is 32.1. The van der Waals surface area contributed by atoms with Crippen LogP contribution in [0.15, 0.2) is 33.6 Å². The number of thiazole rings is 1. The molecular formula is C10H11N3O2S. The van der Waals surface area contributed by atoms with Crippen LogP contribution < -0.4 is 11.2 Å². The van der Waals surface area contributed by atoms with Crippen molar-refractivity contribution < 1.29 is 0 Å². The summed E-state index contributed by atoms with van der Waals surface area (Å²) in [5.41, 5.74) is 1.13. The van der Waals surface area contributed by atoms with Crippen LogP contribution in [0.25, 0.3) is 0 Å². The van der Waals surface area contributed by atoms with Gasteiger partial charge in [-0.25, -0.2) is 4.79 Å². The first-order valence-electron chi connectivity index (χ1n) is 4.90. The van der Waals surface area contributed by atoms with E-state index in [-0.39, 0.29) is 11.2 Å². The Morgan fingerprint density at radius 3 is 2.88 bits per heavy atom. The number of aryl methyl sites for hydroxylation is 1. The van der Waals surface area contributed by atoms with Crippen molar-refractivity contribution in [2.45, 2.75) is 20.0 Å². The van der Waals surface area contributed by atoms with Crippen LogP contribution in [0, 0.1) is 0 Å². The number of hydrogen-bond donors (Lipinski definition) is 0. The highest BCUT2D eigenvalue weighted by Crippen LogP contribution is 2.05. The number of rotatable bonds is 3. The Hall–Kier alpha value is -1.69. The van der Waals surface area contributed by atoms with Crippen molar-refractivity contribution in [3.05, 3.63) is 49.7 Å². The fraction of sp³-hybridized carbons (Fsp3) is 0.300. The van der Waals surface area contributed by atoms with Crippen molar-refractivity contribution in [3.63, 3.8) is 0 Å². The van der Waals surface area contributed by atoms with Gasteiger partial charge in [0.1, 0.15) is 0 Å². The third-order valence-corrected chi connectivity index (χ3v) is 3.04. The van der Waals surface area contributed by atoms with E-state index >= 15 is 0 Å². The molecule has 0 saturated heterocycles. The van der Waals surface area contributed by atoms with Gasteiger partial charge < -0.3 is 4.57 Å². The topological polar surface area (TPSA) is 56.9 Å². The average Bonchev–Trinajstić information content (AvgIpc) is 2.77. The van der Waals surface area contributed by atoms with Crippen molar-refractivity contribution in [2.24, 2.45) is 0 Å². The lowest BCUT2D eigenvalue weighted by Crippen LogP contribution is -2.38. The van der Waals surface area contributed by atoms with E-state index < -0.39 is 0 Å². The molecule has 84 valence electrons. The van der Waals surface area contributed by atoms with E-state index in [0.717, 1.165) is 4.88 Å². The first-order valence-corrected chi connectivity index (χ1v) is 5.78. The molecule has 16 heavy (non-hydrogen) atoms. The van der Waals surface area contributed by atoms with Gasteiger partial charge >= 0.3 is 5.69 Å². The zero-order chi connectivity index (χ0) is 11.5. The molecule has 0 amide bonds. The Balaban J connectivity index is 2.48. The Morgan fingerprint density at radius 1 is 1.44 bits per heavy atom.